The number of carbonyl (C=O) groups is 2. The van der Waals surface area contributed by atoms with E-state index >= 15 is 0 Å². The number of carbonyl (C=O) groups excluding carboxylic acids is 2. The second-order valence-electron chi connectivity index (χ2n) is 7.38. The van der Waals surface area contributed by atoms with Crippen LogP contribution in [-0.2, 0) is 11.2 Å². The molecule has 0 aliphatic carbocycles. The molecule has 1 aromatic rings. The zero-order valence-corrected chi connectivity index (χ0v) is 17.0. The number of ether oxygens (including phenoxy) is 1. The molecule has 7 nitrogen and oxygen atoms in total. The van der Waals surface area contributed by atoms with Crippen molar-refractivity contribution in [1.29, 1.82) is 0 Å². The Bertz CT molecular complexity index is 665. The summed E-state index contributed by atoms with van der Waals surface area (Å²) in [6.45, 7) is 9.08. The summed E-state index contributed by atoms with van der Waals surface area (Å²) in [5.74, 6) is 0. The number of likely N-dealkylation sites (tertiary alicyclic amines) is 1. The van der Waals surface area contributed by atoms with Crippen molar-refractivity contribution >= 4 is 17.8 Å². The van der Waals surface area contributed by atoms with Crippen LogP contribution in [0.5, 0.6) is 0 Å². The maximum absolute atomic E-state index is 12.6. The number of anilines is 1. The first-order chi connectivity index (χ1) is 13.6. The Balaban J connectivity index is 1.44. The summed E-state index contributed by atoms with van der Waals surface area (Å²) in [5, 5.41) is 3.07. The molecule has 2 aliphatic heterocycles. The molecule has 7 heteroatoms. The van der Waals surface area contributed by atoms with Crippen molar-refractivity contribution in [2.24, 2.45) is 0 Å². The molecule has 2 saturated heterocycles. The fourth-order valence-corrected chi connectivity index (χ4v) is 4.06. The average Bonchev–Trinajstić information content (AvgIpc) is 2.74. The minimum absolute atomic E-state index is 0.0160. The van der Waals surface area contributed by atoms with Crippen molar-refractivity contribution in [3.05, 3.63) is 29.8 Å². The fourth-order valence-electron chi connectivity index (χ4n) is 4.06. The van der Waals surface area contributed by atoms with Gasteiger partial charge in [0.1, 0.15) is 0 Å². The first-order valence-corrected chi connectivity index (χ1v) is 10.4. The van der Waals surface area contributed by atoms with E-state index in [2.05, 4.69) is 23.2 Å². The molecule has 2 fully saturated rings. The molecule has 0 bridgehead atoms. The maximum Gasteiger partial charge on any atom is 0.409 e. The molecule has 0 atom stereocenters. The number of nitrogens with zero attached hydrogens (tertiary/aromatic N) is 3. The topological polar surface area (TPSA) is 65.1 Å². The zero-order valence-electron chi connectivity index (χ0n) is 17.0. The highest BCUT2D eigenvalue weighted by molar-refractivity contribution is 5.90. The highest BCUT2D eigenvalue weighted by Crippen LogP contribution is 2.20. The van der Waals surface area contributed by atoms with E-state index in [1.165, 1.54) is 0 Å². The third kappa shape index (κ3) is 4.95. The van der Waals surface area contributed by atoms with E-state index < -0.39 is 0 Å². The first kappa shape index (κ1) is 20.5. The number of benzene rings is 1. The Morgan fingerprint density at radius 3 is 2.32 bits per heavy atom. The summed E-state index contributed by atoms with van der Waals surface area (Å²) in [6.07, 6.45) is 2.63. The number of piperidine rings is 1. The number of hydrogen-bond acceptors (Lipinski definition) is 4. The fraction of sp³-hybridized carbons (Fsp3) is 0.619. The number of piperazine rings is 1. The Kier molecular flexibility index (Phi) is 7.14. The van der Waals surface area contributed by atoms with Crippen LogP contribution >= 0.6 is 0 Å². The molecule has 2 heterocycles. The van der Waals surface area contributed by atoms with Crippen LogP contribution in [-0.4, -0.2) is 78.7 Å². The lowest BCUT2D eigenvalue weighted by molar-refractivity contribution is 0.0581. The van der Waals surface area contributed by atoms with Crippen molar-refractivity contribution < 1.29 is 14.3 Å². The Morgan fingerprint density at radius 2 is 1.68 bits per heavy atom. The average molecular weight is 389 g/mol. The van der Waals surface area contributed by atoms with Crippen molar-refractivity contribution in [3.63, 3.8) is 0 Å². The lowest BCUT2D eigenvalue weighted by Gasteiger charge is -2.42. The lowest BCUT2D eigenvalue weighted by Crippen LogP contribution is -2.55. The highest BCUT2D eigenvalue weighted by atomic mass is 16.6. The van der Waals surface area contributed by atoms with Crippen molar-refractivity contribution in [2.75, 3.05) is 51.2 Å². The number of aryl methyl sites for hydroxylation is 1. The van der Waals surface area contributed by atoms with Crippen LogP contribution in [0.15, 0.2) is 24.3 Å². The number of para-hydroxylation sites is 1. The molecule has 0 saturated carbocycles. The number of nitrogens with one attached hydrogen (secondary N) is 1. The van der Waals surface area contributed by atoms with E-state index in [4.69, 9.17) is 4.74 Å². The van der Waals surface area contributed by atoms with Gasteiger partial charge in [0.25, 0.3) is 0 Å². The van der Waals surface area contributed by atoms with Crippen LogP contribution in [0.4, 0.5) is 15.3 Å². The van der Waals surface area contributed by atoms with Crippen molar-refractivity contribution in [2.45, 2.75) is 39.2 Å². The van der Waals surface area contributed by atoms with E-state index in [0.717, 1.165) is 69.8 Å². The van der Waals surface area contributed by atoms with Crippen molar-refractivity contribution in [3.8, 4) is 0 Å². The van der Waals surface area contributed by atoms with Gasteiger partial charge in [0, 0.05) is 51.0 Å². The van der Waals surface area contributed by atoms with Gasteiger partial charge in [-0.15, -0.1) is 0 Å². The second-order valence-corrected chi connectivity index (χ2v) is 7.38. The third-order valence-electron chi connectivity index (χ3n) is 5.75. The normalized spacial score (nSPS) is 18.8. The molecule has 0 unspecified atom stereocenters. The summed E-state index contributed by atoms with van der Waals surface area (Å²) < 4.78 is 5.09. The third-order valence-corrected chi connectivity index (χ3v) is 5.75. The molecule has 3 amide bonds. The Hall–Kier alpha value is -2.28. The molecule has 0 radical (unpaired) electrons. The zero-order chi connectivity index (χ0) is 19.9. The standard InChI is InChI=1S/C21H32N4O3/c1-3-17-7-5-6-8-19(17)22-20(26)24-15-13-23(14-16-24)18-9-11-25(12-10-18)21(27)28-4-2/h5-8,18H,3-4,9-16H2,1-2H3,(H,22,26). The van der Waals surface area contributed by atoms with Crippen LogP contribution in [0.25, 0.3) is 0 Å². The van der Waals surface area contributed by atoms with E-state index in [-0.39, 0.29) is 12.1 Å². The van der Waals surface area contributed by atoms with Crippen LogP contribution in [0.1, 0.15) is 32.3 Å². The van der Waals surface area contributed by atoms with Crippen LogP contribution in [0, 0.1) is 0 Å². The van der Waals surface area contributed by atoms with E-state index in [1.807, 2.05) is 30.0 Å². The van der Waals surface area contributed by atoms with Gasteiger partial charge >= 0.3 is 12.1 Å². The number of urea groups is 1. The van der Waals surface area contributed by atoms with Crippen LogP contribution in [0.3, 0.4) is 0 Å². The minimum atomic E-state index is -0.199. The predicted octanol–water partition coefficient (Wildman–Crippen LogP) is 3.02. The number of hydrogen-bond donors (Lipinski definition) is 1. The Morgan fingerprint density at radius 1 is 1.00 bits per heavy atom. The summed E-state index contributed by atoms with van der Waals surface area (Å²) in [6, 6.07) is 8.44. The van der Waals surface area contributed by atoms with Crippen LogP contribution < -0.4 is 5.32 Å². The summed E-state index contributed by atoms with van der Waals surface area (Å²) in [7, 11) is 0. The van der Waals surface area contributed by atoms with Crippen LogP contribution in [0.2, 0.25) is 0 Å². The molecular formula is C21H32N4O3. The second kappa shape index (κ2) is 9.78. The number of amides is 3. The molecule has 1 aromatic carbocycles. The highest BCUT2D eigenvalue weighted by Gasteiger charge is 2.30. The molecule has 28 heavy (non-hydrogen) atoms. The van der Waals surface area contributed by atoms with E-state index in [1.54, 1.807) is 4.90 Å². The SMILES string of the molecule is CCOC(=O)N1CCC(N2CCN(C(=O)Nc3ccccc3CC)CC2)CC1. The van der Waals surface area contributed by atoms with Gasteiger partial charge in [-0.1, -0.05) is 25.1 Å². The van der Waals surface area contributed by atoms with Gasteiger partial charge in [-0.05, 0) is 37.8 Å². The largest absolute Gasteiger partial charge is 0.450 e. The van der Waals surface area contributed by atoms with Gasteiger partial charge in [-0.25, -0.2) is 9.59 Å². The van der Waals surface area contributed by atoms with Gasteiger partial charge in [0.2, 0.25) is 0 Å². The minimum Gasteiger partial charge on any atom is -0.450 e. The van der Waals surface area contributed by atoms with Crippen molar-refractivity contribution in [1.82, 2.24) is 14.7 Å². The van der Waals surface area contributed by atoms with Gasteiger partial charge in [-0.3, -0.25) is 4.90 Å². The molecular weight excluding hydrogens is 356 g/mol. The smallest absolute Gasteiger partial charge is 0.409 e. The molecule has 3 rings (SSSR count). The van der Waals surface area contributed by atoms with Gasteiger partial charge in [-0.2, -0.15) is 0 Å². The monoisotopic (exact) mass is 388 g/mol. The van der Waals surface area contributed by atoms with Gasteiger partial charge in [0.05, 0.1) is 6.61 Å². The molecule has 154 valence electrons. The van der Waals surface area contributed by atoms with E-state index in [9.17, 15) is 9.59 Å². The molecule has 0 aromatic heterocycles. The summed E-state index contributed by atoms with van der Waals surface area (Å²) in [5.41, 5.74) is 2.06. The molecule has 1 N–H and O–H groups in total. The summed E-state index contributed by atoms with van der Waals surface area (Å²) in [4.78, 5) is 30.6. The quantitative estimate of drug-likeness (QED) is 0.861. The number of rotatable bonds is 4. The molecule has 0 spiro atoms. The van der Waals surface area contributed by atoms with Gasteiger partial charge < -0.3 is 19.9 Å². The predicted molar refractivity (Wildman–Crippen MR) is 110 cm³/mol. The summed E-state index contributed by atoms with van der Waals surface area (Å²) >= 11 is 0. The maximum atomic E-state index is 12.6. The first-order valence-electron chi connectivity index (χ1n) is 10.4. The van der Waals surface area contributed by atoms with Gasteiger partial charge in [0.15, 0.2) is 0 Å². The molecule has 2 aliphatic rings. The Labute approximate surface area is 167 Å². The lowest BCUT2D eigenvalue weighted by atomic mass is 10.0. The van der Waals surface area contributed by atoms with E-state index in [0.29, 0.717) is 12.6 Å².